The van der Waals surface area contributed by atoms with Crippen LogP contribution in [-0.4, -0.2) is 48.2 Å². The number of rotatable bonds is 4. The molecule has 7 heteroatoms. The first-order valence-corrected chi connectivity index (χ1v) is 7.08. The Labute approximate surface area is 121 Å². The minimum atomic E-state index is -4.24. The van der Waals surface area contributed by atoms with Crippen LogP contribution in [0.1, 0.15) is 35.8 Å². The first-order chi connectivity index (χ1) is 9.88. The number of nitrogens with zero attached hydrogens (tertiary/aromatic N) is 2. The smallest absolute Gasteiger partial charge is 0.340 e. The van der Waals surface area contributed by atoms with Crippen molar-refractivity contribution in [3.8, 4) is 0 Å². The maximum absolute atomic E-state index is 12.3. The summed E-state index contributed by atoms with van der Waals surface area (Å²) in [6.07, 6.45) is -1.56. The maximum Gasteiger partial charge on any atom is 0.390 e. The van der Waals surface area contributed by atoms with Gasteiger partial charge in [0.05, 0.1) is 6.42 Å². The molecule has 0 aliphatic carbocycles. The van der Waals surface area contributed by atoms with E-state index in [9.17, 15) is 18.0 Å². The molecule has 1 saturated heterocycles. The normalized spacial score (nSPS) is 17.0. The van der Waals surface area contributed by atoms with Crippen LogP contribution in [0.4, 0.5) is 13.2 Å². The highest BCUT2D eigenvalue weighted by Crippen LogP contribution is 2.23. The van der Waals surface area contributed by atoms with Gasteiger partial charge >= 0.3 is 6.18 Å². The lowest BCUT2D eigenvalue weighted by molar-refractivity contribution is -0.136. The Morgan fingerprint density at radius 1 is 1.43 bits per heavy atom. The van der Waals surface area contributed by atoms with E-state index in [4.69, 9.17) is 0 Å². The van der Waals surface area contributed by atoms with Crippen molar-refractivity contribution in [1.29, 1.82) is 0 Å². The second-order valence-electron chi connectivity index (χ2n) is 5.37. The lowest BCUT2D eigenvalue weighted by atomic mass is 10.1. The summed E-state index contributed by atoms with van der Waals surface area (Å²) in [5.74, 6) is -0.359. The molecule has 1 aliphatic rings. The molecule has 1 aromatic heterocycles. The van der Waals surface area contributed by atoms with Crippen LogP contribution in [0.2, 0.25) is 0 Å². The van der Waals surface area contributed by atoms with Gasteiger partial charge in [-0.3, -0.25) is 4.79 Å². The maximum atomic E-state index is 12.3. The van der Waals surface area contributed by atoms with E-state index in [1.54, 1.807) is 12.1 Å². The van der Waals surface area contributed by atoms with Gasteiger partial charge in [0, 0.05) is 25.8 Å². The Morgan fingerprint density at radius 3 is 2.71 bits per heavy atom. The van der Waals surface area contributed by atoms with Crippen molar-refractivity contribution in [3.05, 3.63) is 24.0 Å². The van der Waals surface area contributed by atoms with Crippen molar-refractivity contribution < 1.29 is 18.0 Å². The summed E-state index contributed by atoms with van der Waals surface area (Å²) in [5, 5.41) is 3.25. The fourth-order valence-electron chi connectivity index (χ4n) is 2.57. The van der Waals surface area contributed by atoms with E-state index in [2.05, 4.69) is 5.32 Å². The van der Waals surface area contributed by atoms with Crippen molar-refractivity contribution in [3.63, 3.8) is 0 Å². The minimum absolute atomic E-state index is 0.233. The van der Waals surface area contributed by atoms with Crippen LogP contribution in [0.3, 0.4) is 0 Å². The van der Waals surface area contributed by atoms with Gasteiger partial charge in [0.25, 0.3) is 5.91 Å². The quantitative estimate of drug-likeness (QED) is 0.927. The molecule has 0 unspecified atom stereocenters. The predicted molar refractivity (Wildman–Crippen MR) is 73.2 cm³/mol. The van der Waals surface area contributed by atoms with Crippen LogP contribution >= 0.6 is 0 Å². The lowest BCUT2D eigenvalue weighted by Crippen LogP contribution is -2.34. The van der Waals surface area contributed by atoms with Gasteiger partial charge in [-0.2, -0.15) is 13.2 Å². The van der Waals surface area contributed by atoms with E-state index in [-0.39, 0.29) is 18.5 Å². The average molecular weight is 303 g/mol. The van der Waals surface area contributed by atoms with Crippen LogP contribution in [-0.2, 0) is 0 Å². The summed E-state index contributed by atoms with van der Waals surface area (Å²) in [5.41, 5.74) is 0.464. The van der Waals surface area contributed by atoms with Gasteiger partial charge in [-0.05, 0) is 38.1 Å². The molecule has 0 atom stereocenters. The number of piperidine rings is 1. The molecule has 0 saturated carbocycles. The number of hydrogen-bond donors (Lipinski definition) is 1. The van der Waals surface area contributed by atoms with Crippen molar-refractivity contribution in [2.24, 2.45) is 0 Å². The summed E-state index contributed by atoms with van der Waals surface area (Å²) < 4.78 is 38.6. The molecule has 4 nitrogen and oxygen atoms in total. The van der Waals surface area contributed by atoms with E-state index in [0.29, 0.717) is 5.69 Å². The zero-order valence-corrected chi connectivity index (χ0v) is 12.0. The van der Waals surface area contributed by atoms with E-state index in [0.717, 1.165) is 30.8 Å². The van der Waals surface area contributed by atoms with Crippen molar-refractivity contribution in [2.75, 3.05) is 26.7 Å². The zero-order chi connectivity index (χ0) is 15.5. The van der Waals surface area contributed by atoms with Crippen molar-refractivity contribution >= 4 is 5.91 Å². The molecule has 0 bridgehead atoms. The molecule has 2 heterocycles. The number of hydrogen-bond acceptors (Lipinski definition) is 2. The molecule has 0 spiro atoms. The summed E-state index contributed by atoms with van der Waals surface area (Å²) >= 11 is 0. The number of amides is 1. The Bertz CT molecular complexity index is 478. The van der Waals surface area contributed by atoms with Crippen LogP contribution < -0.4 is 5.32 Å². The predicted octanol–water partition coefficient (Wildman–Crippen LogP) is 2.44. The van der Waals surface area contributed by atoms with Gasteiger partial charge in [-0.15, -0.1) is 0 Å². The second kappa shape index (κ2) is 6.51. The van der Waals surface area contributed by atoms with Crippen LogP contribution in [0.25, 0.3) is 0 Å². The van der Waals surface area contributed by atoms with Gasteiger partial charge in [0.15, 0.2) is 0 Å². The summed E-state index contributed by atoms with van der Waals surface area (Å²) in [4.78, 5) is 13.4. The lowest BCUT2D eigenvalue weighted by Gasteiger charge is -2.27. The fraction of sp³-hybridized carbons (Fsp3) is 0.643. The average Bonchev–Trinajstić information content (AvgIpc) is 2.93. The third kappa shape index (κ3) is 4.23. The number of aromatic nitrogens is 1. The SMILES string of the molecule is CN(CCC(F)(F)F)C(=O)c1cccn1C1CCNCC1. The molecule has 0 aromatic carbocycles. The third-order valence-electron chi connectivity index (χ3n) is 3.78. The molecule has 1 fully saturated rings. The molecular formula is C14H20F3N3O. The molecule has 2 rings (SSSR count). The Kier molecular flexibility index (Phi) is 4.92. The van der Waals surface area contributed by atoms with Gasteiger partial charge < -0.3 is 14.8 Å². The van der Waals surface area contributed by atoms with Crippen molar-refractivity contribution in [2.45, 2.75) is 31.5 Å². The monoisotopic (exact) mass is 303 g/mol. The molecule has 118 valence electrons. The number of halogens is 3. The molecule has 1 amide bonds. The number of alkyl halides is 3. The van der Waals surface area contributed by atoms with Gasteiger partial charge in [0.2, 0.25) is 0 Å². The number of nitrogens with one attached hydrogen (secondary N) is 1. The molecular weight excluding hydrogens is 283 g/mol. The fourth-order valence-corrected chi connectivity index (χ4v) is 2.57. The first-order valence-electron chi connectivity index (χ1n) is 7.08. The molecule has 21 heavy (non-hydrogen) atoms. The number of carbonyl (C=O) groups is 1. The topological polar surface area (TPSA) is 37.3 Å². The Morgan fingerprint density at radius 2 is 2.10 bits per heavy atom. The van der Waals surface area contributed by atoms with E-state index in [1.165, 1.54) is 7.05 Å². The van der Waals surface area contributed by atoms with E-state index >= 15 is 0 Å². The van der Waals surface area contributed by atoms with Crippen LogP contribution in [0.5, 0.6) is 0 Å². The molecule has 0 radical (unpaired) electrons. The highest BCUT2D eigenvalue weighted by Gasteiger charge is 2.29. The largest absolute Gasteiger partial charge is 0.390 e. The third-order valence-corrected chi connectivity index (χ3v) is 3.78. The van der Waals surface area contributed by atoms with Crippen LogP contribution in [0.15, 0.2) is 18.3 Å². The molecule has 1 aliphatic heterocycles. The van der Waals surface area contributed by atoms with Gasteiger partial charge in [0.1, 0.15) is 5.69 Å². The summed E-state index contributed by atoms with van der Waals surface area (Å²) in [6, 6.07) is 3.68. The first kappa shape index (κ1) is 15.9. The van der Waals surface area contributed by atoms with E-state index < -0.39 is 12.6 Å². The molecule has 1 aromatic rings. The highest BCUT2D eigenvalue weighted by molar-refractivity contribution is 5.92. The molecule has 1 N–H and O–H groups in total. The zero-order valence-electron chi connectivity index (χ0n) is 12.0. The number of carbonyl (C=O) groups excluding carboxylic acids is 1. The Hall–Kier alpha value is -1.50. The minimum Gasteiger partial charge on any atom is -0.340 e. The van der Waals surface area contributed by atoms with Gasteiger partial charge in [-0.1, -0.05) is 0 Å². The highest BCUT2D eigenvalue weighted by atomic mass is 19.4. The summed E-state index contributed by atoms with van der Waals surface area (Å²) in [7, 11) is 1.41. The second-order valence-corrected chi connectivity index (χ2v) is 5.37. The van der Waals surface area contributed by atoms with Crippen LogP contribution in [0, 0.1) is 0 Å². The standard InChI is InChI=1S/C14H20F3N3O/c1-19(10-6-14(15,16)17)13(21)12-3-2-9-20(12)11-4-7-18-8-5-11/h2-3,9,11,18H,4-8,10H2,1H3. The summed E-state index contributed by atoms with van der Waals surface area (Å²) in [6.45, 7) is 1.46. The van der Waals surface area contributed by atoms with Crippen molar-refractivity contribution in [1.82, 2.24) is 14.8 Å². The van der Waals surface area contributed by atoms with E-state index in [1.807, 2.05) is 10.8 Å². The Balaban J connectivity index is 2.04. The van der Waals surface area contributed by atoms with Gasteiger partial charge in [-0.25, -0.2) is 0 Å².